The van der Waals surface area contributed by atoms with Gasteiger partial charge in [0.1, 0.15) is 10.3 Å². The highest BCUT2D eigenvalue weighted by Crippen LogP contribution is 2.08. The van der Waals surface area contributed by atoms with E-state index in [4.69, 9.17) is 23.2 Å². The highest BCUT2D eigenvalue weighted by Gasteiger charge is 2.18. The Morgan fingerprint density at radius 2 is 2.17 bits per heavy atom. The van der Waals surface area contributed by atoms with Crippen molar-refractivity contribution in [2.45, 2.75) is 0 Å². The minimum atomic E-state index is -1.05. The Hall–Kier alpha value is -0.285. The van der Waals surface area contributed by atoms with Gasteiger partial charge in [0, 0.05) is 12.6 Å². The Kier molecular flexibility index (Phi) is 3.34. The maximum absolute atomic E-state index is 9.21. The average molecular weight is 206 g/mol. The Morgan fingerprint density at radius 1 is 1.50 bits per heavy atom. The molecule has 1 rings (SSSR count). The van der Waals surface area contributed by atoms with Crippen molar-refractivity contribution in [2.24, 2.45) is 0 Å². The van der Waals surface area contributed by atoms with Crippen molar-refractivity contribution in [2.75, 3.05) is 7.11 Å². The van der Waals surface area contributed by atoms with Crippen LogP contribution in [0.1, 0.15) is 0 Å². The third kappa shape index (κ3) is 2.11. The second-order valence-electron chi connectivity index (χ2n) is 2.10. The molecule has 1 aromatic heterocycles. The molecule has 0 aromatic carbocycles. The lowest BCUT2D eigenvalue weighted by atomic mass is 9.81. The lowest BCUT2D eigenvalue weighted by Gasteiger charge is -2.04. The molecule has 1 N–H and O–H groups in total. The summed E-state index contributed by atoms with van der Waals surface area (Å²) in [5.41, 5.74) is 0.406. The van der Waals surface area contributed by atoms with Gasteiger partial charge in [-0.3, -0.25) is 0 Å². The fourth-order valence-corrected chi connectivity index (χ4v) is 1.17. The van der Waals surface area contributed by atoms with Gasteiger partial charge < -0.3 is 9.68 Å². The van der Waals surface area contributed by atoms with E-state index in [0.717, 1.165) is 0 Å². The molecule has 12 heavy (non-hydrogen) atoms. The Balaban J connectivity index is 3.01. The first-order valence-electron chi connectivity index (χ1n) is 3.18. The van der Waals surface area contributed by atoms with E-state index < -0.39 is 7.12 Å². The molecule has 0 aliphatic carbocycles. The Labute approximate surface area is 80.4 Å². The van der Waals surface area contributed by atoms with Crippen molar-refractivity contribution < 1.29 is 9.68 Å². The van der Waals surface area contributed by atoms with Crippen LogP contribution in [0.5, 0.6) is 0 Å². The van der Waals surface area contributed by atoms with E-state index in [1.165, 1.54) is 13.2 Å². The molecule has 1 aromatic rings. The predicted octanol–water partition coefficient (Wildman–Crippen LogP) is 0.722. The van der Waals surface area contributed by atoms with Gasteiger partial charge in [-0.15, -0.1) is 0 Å². The molecule has 0 saturated heterocycles. The highest BCUT2D eigenvalue weighted by atomic mass is 35.5. The van der Waals surface area contributed by atoms with E-state index in [9.17, 15) is 5.02 Å². The standard InChI is InChI=1S/C6H6BCl2NO2/c1-12-7(11)4-2-3-5(8)10-6(4)9/h2-3,11H,1H3. The smallest absolute Gasteiger partial charge is 0.423 e. The summed E-state index contributed by atoms with van der Waals surface area (Å²) >= 11 is 11.2. The fourth-order valence-electron chi connectivity index (χ4n) is 0.734. The van der Waals surface area contributed by atoms with E-state index in [-0.39, 0.29) is 10.3 Å². The molecule has 0 fully saturated rings. The van der Waals surface area contributed by atoms with E-state index in [1.54, 1.807) is 6.07 Å². The van der Waals surface area contributed by atoms with Crippen LogP contribution in [0.25, 0.3) is 0 Å². The topological polar surface area (TPSA) is 42.4 Å². The number of aromatic nitrogens is 1. The van der Waals surface area contributed by atoms with E-state index >= 15 is 0 Å². The predicted molar refractivity (Wildman–Crippen MR) is 48.9 cm³/mol. The van der Waals surface area contributed by atoms with Crippen LogP contribution >= 0.6 is 23.2 Å². The van der Waals surface area contributed by atoms with Crippen molar-refractivity contribution in [3.05, 3.63) is 22.4 Å². The van der Waals surface area contributed by atoms with Gasteiger partial charge in [0.2, 0.25) is 0 Å². The maximum Gasteiger partial charge on any atom is 0.494 e. The molecule has 0 aliphatic rings. The monoisotopic (exact) mass is 205 g/mol. The average Bonchev–Trinajstić information content (AvgIpc) is 2.03. The molecule has 3 nitrogen and oxygen atoms in total. The number of rotatable bonds is 2. The summed E-state index contributed by atoms with van der Waals surface area (Å²) in [5.74, 6) is 0. The molecule has 0 atom stereocenters. The Bertz CT molecular complexity index is 284. The number of nitrogens with zero attached hydrogens (tertiary/aromatic N) is 1. The van der Waals surface area contributed by atoms with Crippen molar-refractivity contribution in [1.82, 2.24) is 4.98 Å². The van der Waals surface area contributed by atoms with Crippen LogP contribution in [0.15, 0.2) is 12.1 Å². The number of hydrogen-bond donors (Lipinski definition) is 1. The second-order valence-corrected chi connectivity index (χ2v) is 2.85. The zero-order chi connectivity index (χ0) is 9.14. The second kappa shape index (κ2) is 4.09. The summed E-state index contributed by atoms with van der Waals surface area (Å²) in [7, 11) is 0.317. The van der Waals surface area contributed by atoms with Crippen LogP contribution in [-0.4, -0.2) is 24.2 Å². The SMILES string of the molecule is COB(O)c1ccc(Cl)nc1Cl. The van der Waals surface area contributed by atoms with Crippen molar-refractivity contribution in [3.8, 4) is 0 Å². The van der Waals surface area contributed by atoms with Gasteiger partial charge in [-0.2, -0.15) is 0 Å². The third-order valence-electron chi connectivity index (χ3n) is 1.33. The van der Waals surface area contributed by atoms with Crippen LogP contribution < -0.4 is 5.46 Å². The zero-order valence-corrected chi connectivity index (χ0v) is 7.80. The number of hydrogen-bond acceptors (Lipinski definition) is 3. The number of halogens is 2. The van der Waals surface area contributed by atoms with E-state index in [2.05, 4.69) is 9.64 Å². The fraction of sp³-hybridized carbons (Fsp3) is 0.167. The quantitative estimate of drug-likeness (QED) is 0.572. The van der Waals surface area contributed by atoms with Crippen LogP contribution in [-0.2, 0) is 4.65 Å². The first-order chi connectivity index (χ1) is 5.65. The minimum Gasteiger partial charge on any atom is -0.423 e. The van der Waals surface area contributed by atoms with Crippen LogP contribution in [0.2, 0.25) is 10.3 Å². The van der Waals surface area contributed by atoms with Crippen LogP contribution in [0.4, 0.5) is 0 Å². The van der Waals surface area contributed by atoms with Gasteiger partial charge in [0.05, 0.1) is 0 Å². The molecular formula is C6H6BCl2NO2. The summed E-state index contributed by atoms with van der Waals surface area (Å²) in [5, 5.41) is 9.65. The highest BCUT2D eigenvalue weighted by molar-refractivity contribution is 6.63. The maximum atomic E-state index is 9.21. The summed E-state index contributed by atoms with van der Waals surface area (Å²) in [6.07, 6.45) is 0. The number of pyridine rings is 1. The van der Waals surface area contributed by atoms with Crippen molar-refractivity contribution >= 4 is 35.8 Å². The summed E-state index contributed by atoms with van der Waals surface area (Å²) < 4.78 is 4.64. The summed E-state index contributed by atoms with van der Waals surface area (Å²) in [6.45, 7) is 0. The molecule has 0 unspecified atom stereocenters. The Morgan fingerprint density at radius 3 is 2.67 bits per heavy atom. The molecule has 0 bridgehead atoms. The van der Waals surface area contributed by atoms with Gasteiger partial charge in [-0.05, 0) is 6.07 Å². The zero-order valence-electron chi connectivity index (χ0n) is 6.29. The largest absolute Gasteiger partial charge is 0.494 e. The molecule has 0 saturated carbocycles. The van der Waals surface area contributed by atoms with Gasteiger partial charge in [0.25, 0.3) is 0 Å². The van der Waals surface area contributed by atoms with Crippen LogP contribution in [0.3, 0.4) is 0 Å². The molecule has 6 heteroatoms. The van der Waals surface area contributed by atoms with Gasteiger partial charge in [-0.1, -0.05) is 29.3 Å². The van der Waals surface area contributed by atoms with Gasteiger partial charge >= 0.3 is 7.12 Å². The molecule has 0 radical (unpaired) electrons. The van der Waals surface area contributed by atoms with E-state index in [0.29, 0.717) is 5.46 Å². The van der Waals surface area contributed by atoms with Crippen LogP contribution in [0, 0.1) is 0 Å². The first-order valence-corrected chi connectivity index (χ1v) is 3.93. The van der Waals surface area contributed by atoms with Gasteiger partial charge in [0.15, 0.2) is 0 Å². The molecular weight excluding hydrogens is 200 g/mol. The molecule has 0 aliphatic heterocycles. The molecule has 0 spiro atoms. The molecule has 1 heterocycles. The van der Waals surface area contributed by atoms with Crippen molar-refractivity contribution in [1.29, 1.82) is 0 Å². The minimum absolute atomic E-state index is 0.150. The molecule has 64 valence electrons. The summed E-state index contributed by atoms with van der Waals surface area (Å²) in [4.78, 5) is 3.73. The summed E-state index contributed by atoms with van der Waals surface area (Å²) in [6, 6.07) is 3.09. The normalized spacial score (nSPS) is 10.0. The van der Waals surface area contributed by atoms with Crippen molar-refractivity contribution in [3.63, 3.8) is 0 Å². The lowest BCUT2D eigenvalue weighted by Crippen LogP contribution is -2.33. The first kappa shape index (κ1) is 9.80. The van der Waals surface area contributed by atoms with Gasteiger partial charge in [-0.25, -0.2) is 4.98 Å². The molecule has 0 amide bonds. The third-order valence-corrected chi connectivity index (χ3v) is 1.85. The van der Waals surface area contributed by atoms with E-state index in [1.807, 2.05) is 0 Å². The lowest BCUT2D eigenvalue weighted by molar-refractivity contribution is 0.341.